The normalized spacial score (nSPS) is 12.5. The fourth-order valence-electron chi connectivity index (χ4n) is 1.84. The number of hydrogen-bond acceptors (Lipinski definition) is 3. The maximum atomic E-state index is 5.08. The fraction of sp³-hybridized carbons (Fsp3) is 0.571. The summed E-state index contributed by atoms with van der Waals surface area (Å²) in [5.74, 6) is 0. The van der Waals surface area contributed by atoms with Gasteiger partial charge in [-0.3, -0.25) is 0 Å². The molecule has 0 heterocycles. The van der Waals surface area contributed by atoms with Crippen LogP contribution in [0.25, 0.3) is 0 Å². The lowest BCUT2D eigenvalue weighted by Crippen LogP contribution is -2.20. The van der Waals surface area contributed by atoms with Crippen LogP contribution in [-0.2, 0) is 4.74 Å². The second-order valence-corrected chi connectivity index (χ2v) is 5.34. The summed E-state index contributed by atoms with van der Waals surface area (Å²) in [6.07, 6.45) is 1.04. The van der Waals surface area contributed by atoms with E-state index in [0.717, 1.165) is 24.0 Å². The monoisotopic (exact) mass is 314 g/mol. The van der Waals surface area contributed by atoms with Crippen molar-refractivity contribution >= 4 is 21.6 Å². The van der Waals surface area contributed by atoms with Gasteiger partial charge in [-0.1, -0.05) is 6.07 Å². The molecule has 0 bridgehead atoms. The lowest BCUT2D eigenvalue weighted by atomic mass is 10.1. The number of hydrogen-bond donors (Lipinski definition) is 1. The zero-order chi connectivity index (χ0) is 13.5. The van der Waals surface area contributed by atoms with E-state index in [9.17, 15) is 0 Å². The van der Waals surface area contributed by atoms with Crippen molar-refractivity contribution in [3.8, 4) is 0 Å². The van der Waals surface area contributed by atoms with Gasteiger partial charge in [-0.15, -0.1) is 0 Å². The summed E-state index contributed by atoms with van der Waals surface area (Å²) >= 11 is 3.65. The minimum Gasteiger partial charge on any atom is -0.385 e. The molecule has 0 aliphatic rings. The molecule has 3 nitrogen and oxygen atoms in total. The van der Waals surface area contributed by atoms with E-state index in [2.05, 4.69) is 58.3 Å². The lowest BCUT2D eigenvalue weighted by Gasteiger charge is -2.22. The third kappa shape index (κ3) is 4.26. The fourth-order valence-corrected chi connectivity index (χ4v) is 2.53. The second-order valence-electron chi connectivity index (χ2n) is 4.49. The largest absolute Gasteiger partial charge is 0.385 e. The van der Waals surface area contributed by atoms with Crippen LogP contribution in [0.4, 0.5) is 5.69 Å². The standard InChI is InChI=1S/C14H23BrN2O/c1-11(16-2)12-6-7-14(13(15)10-12)17(3)8-5-9-18-4/h6-7,10-11,16H,5,8-9H2,1-4H3. The van der Waals surface area contributed by atoms with Gasteiger partial charge in [-0.25, -0.2) is 0 Å². The van der Waals surface area contributed by atoms with E-state index < -0.39 is 0 Å². The minimum atomic E-state index is 0.370. The number of methoxy groups -OCH3 is 1. The van der Waals surface area contributed by atoms with Crippen molar-refractivity contribution < 1.29 is 4.74 Å². The minimum absolute atomic E-state index is 0.370. The van der Waals surface area contributed by atoms with Crippen molar-refractivity contribution in [3.05, 3.63) is 28.2 Å². The van der Waals surface area contributed by atoms with Gasteiger partial charge < -0.3 is 15.0 Å². The Balaban J connectivity index is 2.72. The van der Waals surface area contributed by atoms with Crippen LogP contribution >= 0.6 is 15.9 Å². The van der Waals surface area contributed by atoms with Gasteiger partial charge >= 0.3 is 0 Å². The van der Waals surface area contributed by atoms with E-state index in [1.807, 2.05) is 7.05 Å². The molecule has 0 radical (unpaired) electrons. The van der Waals surface area contributed by atoms with Crippen LogP contribution in [0.2, 0.25) is 0 Å². The topological polar surface area (TPSA) is 24.5 Å². The van der Waals surface area contributed by atoms with Crippen molar-refractivity contribution in [1.29, 1.82) is 0 Å². The van der Waals surface area contributed by atoms with Crippen molar-refractivity contribution in [2.45, 2.75) is 19.4 Å². The van der Waals surface area contributed by atoms with Crippen molar-refractivity contribution in [3.63, 3.8) is 0 Å². The zero-order valence-corrected chi connectivity index (χ0v) is 13.3. The second kappa shape index (κ2) is 7.77. The molecule has 0 aliphatic heterocycles. The van der Waals surface area contributed by atoms with Gasteiger partial charge in [0.1, 0.15) is 0 Å². The van der Waals surface area contributed by atoms with Crippen LogP contribution in [0.3, 0.4) is 0 Å². The molecule has 1 aromatic carbocycles. The Kier molecular flexibility index (Phi) is 6.68. The Morgan fingerprint density at radius 1 is 1.44 bits per heavy atom. The quantitative estimate of drug-likeness (QED) is 0.782. The average Bonchev–Trinajstić information content (AvgIpc) is 2.37. The van der Waals surface area contributed by atoms with Crippen molar-refractivity contribution in [2.75, 3.05) is 39.3 Å². The molecule has 0 amide bonds. The molecular weight excluding hydrogens is 292 g/mol. The Morgan fingerprint density at radius 2 is 2.17 bits per heavy atom. The molecule has 1 atom stereocenters. The van der Waals surface area contributed by atoms with Crippen LogP contribution in [0.1, 0.15) is 24.9 Å². The van der Waals surface area contributed by atoms with Crippen LogP contribution in [0, 0.1) is 0 Å². The van der Waals surface area contributed by atoms with E-state index in [0.29, 0.717) is 6.04 Å². The molecule has 0 aliphatic carbocycles. The van der Waals surface area contributed by atoms with Gasteiger partial charge in [-0.2, -0.15) is 0 Å². The van der Waals surface area contributed by atoms with Crippen LogP contribution < -0.4 is 10.2 Å². The highest BCUT2D eigenvalue weighted by Gasteiger charge is 2.09. The van der Waals surface area contributed by atoms with Gasteiger partial charge in [0.15, 0.2) is 0 Å². The maximum Gasteiger partial charge on any atom is 0.0508 e. The first-order valence-electron chi connectivity index (χ1n) is 6.27. The summed E-state index contributed by atoms with van der Waals surface area (Å²) in [5.41, 5.74) is 2.51. The average molecular weight is 315 g/mol. The highest BCUT2D eigenvalue weighted by molar-refractivity contribution is 9.10. The first-order chi connectivity index (χ1) is 8.60. The van der Waals surface area contributed by atoms with E-state index in [4.69, 9.17) is 4.74 Å². The van der Waals surface area contributed by atoms with E-state index >= 15 is 0 Å². The highest BCUT2D eigenvalue weighted by atomic mass is 79.9. The molecule has 0 saturated heterocycles. The Hall–Kier alpha value is -0.580. The summed E-state index contributed by atoms with van der Waals surface area (Å²) in [5, 5.41) is 3.25. The van der Waals surface area contributed by atoms with Gasteiger partial charge in [0.25, 0.3) is 0 Å². The third-order valence-electron chi connectivity index (χ3n) is 3.16. The summed E-state index contributed by atoms with van der Waals surface area (Å²) in [6.45, 7) is 3.95. The first kappa shape index (κ1) is 15.5. The Morgan fingerprint density at radius 3 is 2.72 bits per heavy atom. The molecule has 1 rings (SSSR count). The lowest BCUT2D eigenvalue weighted by molar-refractivity contribution is 0.196. The number of benzene rings is 1. The third-order valence-corrected chi connectivity index (χ3v) is 3.79. The van der Waals surface area contributed by atoms with Crippen LogP contribution in [0.15, 0.2) is 22.7 Å². The molecule has 18 heavy (non-hydrogen) atoms. The molecule has 0 fully saturated rings. The molecule has 1 aromatic rings. The highest BCUT2D eigenvalue weighted by Crippen LogP contribution is 2.28. The van der Waals surface area contributed by atoms with Crippen LogP contribution in [-0.4, -0.2) is 34.4 Å². The van der Waals surface area contributed by atoms with E-state index in [1.165, 1.54) is 11.3 Å². The molecule has 102 valence electrons. The maximum absolute atomic E-state index is 5.08. The zero-order valence-electron chi connectivity index (χ0n) is 11.7. The predicted molar refractivity (Wildman–Crippen MR) is 81.4 cm³/mol. The molecule has 0 spiro atoms. The summed E-state index contributed by atoms with van der Waals surface area (Å²) in [4.78, 5) is 2.25. The van der Waals surface area contributed by atoms with Crippen molar-refractivity contribution in [2.24, 2.45) is 0 Å². The van der Waals surface area contributed by atoms with Gasteiger partial charge in [-0.05, 0) is 54.0 Å². The number of ether oxygens (including phenoxy) is 1. The summed E-state index contributed by atoms with van der Waals surface area (Å²) < 4.78 is 6.22. The number of rotatable bonds is 7. The molecular formula is C14H23BrN2O. The Bertz CT molecular complexity index is 371. The molecule has 1 N–H and O–H groups in total. The smallest absolute Gasteiger partial charge is 0.0508 e. The molecule has 0 aromatic heterocycles. The van der Waals surface area contributed by atoms with Gasteiger partial charge in [0, 0.05) is 37.8 Å². The molecule has 4 heteroatoms. The van der Waals surface area contributed by atoms with E-state index in [1.54, 1.807) is 7.11 Å². The SMILES string of the molecule is CNC(C)c1ccc(N(C)CCCOC)c(Br)c1. The summed E-state index contributed by atoms with van der Waals surface area (Å²) in [6, 6.07) is 6.89. The number of anilines is 1. The van der Waals surface area contributed by atoms with E-state index in [-0.39, 0.29) is 0 Å². The van der Waals surface area contributed by atoms with Crippen molar-refractivity contribution in [1.82, 2.24) is 5.32 Å². The molecule has 0 saturated carbocycles. The number of nitrogens with one attached hydrogen (secondary N) is 1. The predicted octanol–water partition coefficient (Wildman–Crippen LogP) is 3.20. The first-order valence-corrected chi connectivity index (χ1v) is 7.06. The molecule has 1 unspecified atom stereocenters. The summed E-state index contributed by atoms with van der Waals surface area (Å²) in [7, 11) is 5.82. The van der Waals surface area contributed by atoms with Gasteiger partial charge in [0.05, 0.1) is 5.69 Å². The Labute approximate surface area is 119 Å². The van der Waals surface area contributed by atoms with Crippen LogP contribution in [0.5, 0.6) is 0 Å². The van der Waals surface area contributed by atoms with Gasteiger partial charge in [0.2, 0.25) is 0 Å². The number of halogens is 1. The number of nitrogens with zero attached hydrogens (tertiary/aromatic N) is 1.